The number of nitrogens with two attached hydrogens (primary N) is 2. The van der Waals surface area contributed by atoms with E-state index in [0.29, 0.717) is 11.5 Å². The third kappa shape index (κ3) is 4.60. The summed E-state index contributed by atoms with van der Waals surface area (Å²) in [5.41, 5.74) is 11.1. The van der Waals surface area contributed by atoms with Crippen molar-refractivity contribution < 1.29 is 19.1 Å². The Morgan fingerprint density at radius 2 is 1.31 bits per heavy atom. The lowest BCUT2D eigenvalue weighted by atomic mass is 10.4. The summed E-state index contributed by atoms with van der Waals surface area (Å²) in [6.07, 6.45) is 0. The molecule has 0 aliphatic carbocycles. The van der Waals surface area contributed by atoms with Crippen LogP contribution in [0.3, 0.4) is 0 Å². The highest BCUT2D eigenvalue weighted by Crippen LogP contribution is 2.22. The van der Waals surface area contributed by atoms with Crippen LogP contribution in [0.5, 0.6) is 0 Å². The summed E-state index contributed by atoms with van der Waals surface area (Å²) in [6.45, 7) is 0.0333. The molecule has 0 aromatic rings. The number of rotatable bonds is 0. The van der Waals surface area contributed by atoms with Gasteiger partial charge >= 0.3 is 11.9 Å². The zero-order valence-corrected chi connectivity index (χ0v) is 10.2. The summed E-state index contributed by atoms with van der Waals surface area (Å²) < 4.78 is 9.61. The van der Waals surface area contributed by atoms with Gasteiger partial charge in [0.25, 0.3) is 0 Å². The fourth-order valence-electron chi connectivity index (χ4n) is 0.878. The lowest BCUT2D eigenvalue weighted by molar-refractivity contribution is -0.153. The Kier molecular flexibility index (Phi) is 5.96. The topological polar surface area (TPSA) is 105 Å². The first-order valence-corrected chi connectivity index (χ1v) is 7.19. The second-order valence-corrected chi connectivity index (χ2v) is 5.67. The molecule has 0 aromatic heterocycles. The van der Waals surface area contributed by atoms with Crippen LogP contribution in [0.1, 0.15) is 0 Å². The van der Waals surface area contributed by atoms with E-state index in [4.69, 9.17) is 20.9 Å². The first-order chi connectivity index (χ1) is 7.61. The van der Waals surface area contributed by atoms with Gasteiger partial charge in [-0.25, -0.2) is 0 Å². The maximum Gasteiger partial charge on any atom is 0.323 e. The lowest BCUT2D eigenvalue weighted by Crippen LogP contribution is -2.38. The molecule has 4 N–H and O–H groups in total. The second kappa shape index (κ2) is 7.00. The largest absolute Gasteiger partial charge is 0.461 e. The van der Waals surface area contributed by atoms with Crippen LogP contribution >= 0.6 is 21.6 Å². The summed E-state index contributed by atoms with van der Waals surface area (Å²) >= 11 is 0. The maximum absolute atomic E-state index is 11.2. The van der Waals surface area contributed by atoms with Crippen LogP contribution in [0, 0.1) is 0 Å². The molecule has 0 spiro atoms. The van der Waals surface area contributed by atoms with Crippen molar-refractivity contribution in [3.63, 3.8) is 0 Å². The molecule has 2 atom stereocenters. The zero-order chi connectivity index (χ0) is 12.0. The Balaban J connectivity index is 2.45. The van der Waals surface area contributed by atoms with Gasteiger partial charge in [0.2, 0.25) is 0 Å². The summed E-state index contributed by atoms with van der Waals surface area (Å²) in [6, 6.07) is -1.30. The Morgan fingerprint density at radius 3 is 1.69 bits per heavy atom. The van der Waals surface area contributed by atoms with Gasteiger partial charge < -0.3 is 20.9 Å². The minimum Gasteiger partial charge on any atom is -0.461 e. The van der Waals surface area contributed by atoms with E-state index in [2.05, 4.69) is 0 Å². The van der Waals surface area contributed by atoms with Crippen molar-refractivity contribution in [2.24, 2.45) is 11.5 Å². The third-order valence-corrected chi connectivity index (χ3v) is 4.23. The SMILES string of the molecule is NC1CSSC[C@H](N)C(=O)OCCOC1=O. The highest BCUT2D eigenvalue weighted by Gasteiger charge is 2.19. The van der Waals surface area contributed by atoms with E-state index in [-0.39, 0.29) is 13.2 Å². The van der Waals surface area contributed by atoms with E-state index in [0.717, 1.165) is 0 Å². The van der Waals surface area contributed by atoms with E-state index < -0.39 is 24.0 Å². The lowest BCUT2D eigenvalue weighted by Gasteiger charge is -2.15. The highest BCUT2D eigenvalue weighted by molar-refractivity contribution is 8.76. The smallest absolute Gasteiger partial charge is 0.323 e. The maximum atomic E-state index is 11.2. The van der Waals surface area contributed by atoms with Crippen molar-refractivity contribution in [1.82, 2.24) is 0 Å². The normalized spacial score (nSPS) is 29.6. The van der Waals surface area contributed by atoms with Crippen molar-refractivity contribution in [1.29, 1.82) is 0 Å². The van der Waals surface area contributed by atoms with Crippen LogP contribution in [-0.2, 0) is 19.1 Å². The molecule has 0 aromatic carbocycles. The standard InChI is InChI=1S/C8H14N2O4S2/c9-5-3-15-16-4-6(10)8(12)14-2-1-13-7(5)11/h5-6H,1-4,9-10H2/t5-,6?/m0/s1. The van der Waals surface area contributed by atoms with Crippen molar-refractivity contribution >= 4 is 33.5 Å². The van der Waals surface area contributed by atoms with Crippen LogP contribution in [0.4, 0.5) is 0 Å². The summed E-state index contributed by atoms with van der Waals surface area (Å²) in [4.78, 5) is 22.5. The number of cyclic esters (lactones) is 2. The van der Waals surface area contributed by atoms with Crippen molar-refractivity contribution in [3.8, 4) is 0 Å². The Hall–Kier alpha value is -0.440. The second-order valence-electron chi connectivity index (χ2n) is 3.12. The van der Waals surface area contributed by atoms with E-state index in [1.807, 2.05) is 0 Å². The molecule has 1 aliphatic rings. The van der Waals surface area contributed by atoms with E-state index in [1.54, 1.807) is 0 Å². The average molecular weight is 266 g/mol. The molecule has 1 fully saturated rings. The molecule has 0 amide bonds. The van der Waals surface area contributed by atoms with Crippen molar-refractivity contribution in [2.45, 2.75) is 12.1 Å². The van der Waals surface area contributed by atoms with Gasteiger partial charge in [0.05, 0.1) is 0 Å². The summed E-state index contributed by atoms with van der Waals surface area (Å²) in [7, 11) is 2.78. The van der Waals surface area contributed by atoms with Crippen LogP contribution in [0.25, 0.3) is 0 Å². The number of esters is 2. The van der Waals surface area contributed by atoms with Gasteiger partial charge in [0.15, 0.2) is 0 Å². The molecule has 0 radical (unpaired) electrons. The predicted octanol–water partition coefficient (Wildman–Crippen LogP) is -0.878. The molecule has 1 rings (SSSR count). The Morgan fingerprint density at radius 1 is 0.938 bits per heavy atom. The molecule has 0 bridgehead atoms. The van der Waals surface area contributed by atoms with Crippen molar-refractivity contribution in [3.05, 3.63) is 0 Å². The minimum absolute atomic E-state index is 0.0167. The van der Waals surface area contributed by atoms with Gasteiger partial charge in [0.1, 0.15) is 25.3 Å². The minimum atomic E-state index is -0.649. The van der Waals surface area contributed by atoms with Crippen LogP contribution in [0.15, 0.2) is 0 Å². The van der Waals surface area contributed by atoms with Gasteiger partial charge in [-0.2, -0.15) is 0 Å². The van der Waals surface area contributed by atoms with E-state index >= 15 is 0 Å². The molecule has 8 heteroatoms. The Bertz CT molecular complexity index is 238. The average Bonchev–Trinajstić information content (AvgIpc) is 2.27. The number of carbonyl (C=O) groups is 2. The molecule has 1 unspecified atom stereocenters. The number of carbonyl (C=O) groups excluding carboxylic acids is 2. The van der Waals surface area contributed by atoms with Crippen LogP contribution < -0.4 is 11.5 Å². The van der Waals surface area contributed by atoms with Gasteiger partial charge in [-0.1, -0.05) is 21.6 Å². The van der Waals surface area contributed by atoms with E-state index in [1.165, 1.54) is 21.6 Å². The first-order valence-electron chi connectivity index (χ1n) is 4.70. The molecule has 1 aliphatic heterocycles. The molecule has 1 saturated heterocycles. The zero-order valence-electron chi connectivity index (χ0n) is 8.59. The van der Waals surface area contributed by atoms with Gasteiger partial charge in [-0.15, -0.1) is 0 Å². The molecule has 16 heavy (non-hydrogen) atoms. The number of hydrogen-bond donors (Lipinski definition) is 2. The number of ether oxygens (including phenoxy) is 2. The summed E-state index contributed by atoms with van der Waals surface area (Å²) in [5, 5.41) is 0. The van der Waals surface area contributed by atoms with Gasteiger partial charge in [0, 0.05) is 11.5 Å². The Labute approximate surface area is 101 Å². The molecule has 92 valence electrons. The molecular formula is C8H14N2O4S2. The van der Waals surface area contributed by atoms with E-state index in [9.17, 15) is 9.59 Å². The van der Waals surface area contributed by atoms with Crippen molar-refractivity contribution in [2.75, 3.05) is 24.7 Å². The fourth-order valence-corrected chi connectivity index (χ4v) is 3.09. The number of hydrogen-bond acceptors (Lipinski definition) is 8. The monoisotopic (exact) mass is 266 g/mol. The fraction of sp³-hybridized carbons (Fsp3) is 0.750. The molecule has 6 nitrogen and oxygen atoms in total. The molecule has 0 saturated carbocycles. The van der Waals surface area contributed by atoms with Crippen LogP contribution in [0.2, 0.25) is 0 Å². The summed E-state index contributed by atoms with van der Waals surface area (Å²) in [5.74, 6) is -0.0840. The predicted molar refractivity (Wildman–Crippen MR) is 62.8 cm³/mol. The third-order valence-electron chi connectivity index (χ3n) is 1.76. The molecule has 1 heterocycles. The quantitative estimate of drug-likeness (QED) is 0.430. The first kappa shape index (κ1) is 13.6. The highest BCUT2D eigenvalue weighted by atomic mass is 33.1. The van der Waals surface area contributed by atoms with Gasteiger partial charge in [-0.05, 0) is 0 Å². The van der Waals surface area contributed by atoms with Gasteiger partial charge in [-0.3, -0.25) is 9.59 Å². The molecular weight excluding hydrogens is 252 g/mol. The van der Waals surface area contributed by atoms with Crippen LogP contribution in [-0.4, -0.2) is 48.7 Å².